The van der Waals surface area contributed by atoms with Crippen molar-refractivity contribution in [2.75, 3.05) is 39.8 Å². The Kier molecular flexibility index (Phi) is 7.17. The number of piperidine rings is 1. The molecule has 2 aliphatic rings. The molecule has 1 heterocycles. The zero-order chi connectivity index (χ0) is 16.0. The topological polar surface area (TPSA) is 27.3 Å². The van der Waals surface area contributed by atoms with Crippen LogP contribution in [0.2, 0.25) is 0 Å². The maximum Gasteiger partial charge on any atom is 0.0246 e. The summed E-state index contributed by atoms with van der Waals surface area (Å²) >= 11 is 0. The van der Waals surface area contributed by atoms with E-state index in [2.05, 4.69) is 43.4 Å². The molecule has 2 rings (SSSR count). The van der Waals surface area contributed by atoms with Crippen LogP contribution in [0.25, 0.3) is 0 Å². The van der Waals surface area contributed by atoms with Crippen molar-refractivity contribution in [1.29, 1.82) is 0 Å². The largest absolute Gasteiger partial charge is 0.317 e. The van der Waals surface area contributed by atoms with Crippen molar-refractivity contribution in [3.63, 3.8) is 0 Å². The number of likely N-dealkylation sites (tertiary alicyclic amines) is 1. The normalized spacial score (nSPS) is 27.0. The molecule has 1 saturated carbocycles. The van der Waals surface area contributed by atoms with Gasteiger partial charge < -0.3 is 15.5 Å². The molecular weight excluding hydrogens is 270 g/mol. The van der Waals surface area contributed by atoms with Crippen molar-refractivity contribution < 1.29 is 0 Å². The van der Waals surface area contributed by atoms with Crippen LogP contribution >= 0.6 is 0 Å². The number of nitrogens with zero attached hydrogens (tertiary/aromatic N) is 1. The molecule has 0 bridgehead atoms. The van der Waals surface area contributed by atoms with E-state index in [4.69, 9.17) is 0 Å². The summed E-state index contributed by atoms with van der Waals surface area (Å²) in [6.07, 6.45) is 8.52. The van der Waals surface area contributed by atoms with E-state index in [0.29, 0.717) is 11.5 Å². The molecule has 0 aromatic heterocycles. The predicted molar refractivity (Wildman–Crippen MR) is 96.3 cm³/mol. The standard InChI is InChI=1S/C19H39N3/c1-5-20-12-10-17(9-8-16-6-7-16)14-21-18-15-22(4)13-11-19(18,2)3/h16-18,20-21H,5-15H2,1-4H3. The van der Waals surface area contributed by atoms with Gasteiger partial charge in [0.2, 0.25) is 0 Å². The highest BCUT2D eigenvalue weighted by atomic mass is 15.1. The minimum Gasteiger partial charge on any atom is -0.317 e. The third-order valence-corrected chi connectivity index (χ3v) is 5.89. The molecule has 130 valence electrons. The van der Waals surface area contributed by atoms with Gasteiger partial charge in [-0.3, -0.25) is 0 Å². The number of hydrogen-bond acceptors (Lipinski definition) is 3. The second-order valence-electron chi connectivity index (χ2n) is 8.49. The van der Waals surface area contributed by atoms with Gasteiger partial charge in [-0.25, -0.2) is 0 Å². The first-order valence-electron chi connectivity index (χ1n) is 9.64. The van der Waals surface area contributed by atoms with Crippen LogP contribution in [0.5, 0.6) is 0 Å². The summed E-state index contributed by atoms with van der Waals surface area (Å²) in [5.74, 6) is 1.92. The lowest BCUT2D eigenvalue weighted by Gasteiger charge is -2.43. The lowest BCUT2D eigenvalue weighted by Crippen LogP contribution is -2.54. The van der Waals surface area contributed by atoms with E-state index in [9.17, 15) is 0 Å². The monoisotopic (exact) mass is 309 g/mol. The summed E-state index contributed by atoms with van der Waals surface area (Å²) in [4.78, 5) is 2.49. The average molecular weight is 310 g/mol. The summed E-state index contributed by atoms with van der Waals surface area (Å²) < 4.78 is 0. The molecule has 2 N–H and O–H groups in total. The highest BCUT2D eigenvalue weighted by molar-refractivity contribution is 4.91. The van der Waals surface area contributed by atoms with Gasteiger partial charge >= 0.3 is 0 Å². The van der Waals surface area contributed by atoms with E-state index in [1.54, 1.807) is 0 Å². The number of hydrogen-bond donors (Lipinski definition) is 2. The smallest absolute Gasteiger partial charge is 0.0246 e. The van der Waals surface area contributed by atoms with Crippen molar-refractivity contribution >= 4 is 0 Å². The number of likely N-dealkylation sites (N-methyl/N-ethyl adjacent to an activating group) is 1. The fraction of sp³-hybridized carbons (Fsp3) is 1.00. The molecular formula is C19H39N3. The summed E-state index contributed by atoms with van der Waals surface area (Å²) in [5, 5.41) is 7.45. The molecule has 3 nitrogen and oxygen atoms in total. The Morgan fingerprint density at radius 2 is 2.00 bits per heavy atom. The van der Waals surface area contributed by atoms with Crippen molar-refractivity contribution in [3.8, 4) is 0 Å². The molecule has 1 saturated heterocycles. The molecule has 1 aliphatic carbocycles. The van der Waals surface area contributed by atoms with Gasteiger partial charge in [-0.05, 0) is 69.7 Å². The number of nitrogens with one attached hydrogen (secondary N) is 2. The lowest BCUT2D eigenvalue weighted by molar-refractivity contribution is 0.0991. The first-order chi connectivity index (χ1) is 10.5. The van der Waals surface area contributed by atoms with Gasteiger partial charge in [0.25, 0.3) is 0 Å². The third-order valence-electron chi connectivity index (χ3n) is 5.89. The molecule has 2 unspecified atom stereocenters. The van der Waals surface area contributed by atoms with E-state index in [0.717, 1.165) is 18.4 Å². The van der Waals surface area contributed by atoms with Crippen molar-refractivity contribution in [1.82, 2.24) is 15.5 Å². The highest BCUT2D eigenvalue weighted by Gasteiger charge is 2.34. The van der Waals surface area contributed by atoms with E-state index in [1.807, 2.05) is 0 Å². The second kappa shape index (κ2) is 8.65. The molecule has 22 heavy (non-hydrogen) atoms. The Bertz CT molecular complexity index is 312. The van der Waals surface area contributed by atoms with Crippen LogP contribution in [-0.4, -0.2) is 50.7 Å². The Morgan fingerprint density at radius 3 is 2.68 bits per heavy atom. The van der Waals surface area contributed by atoms with Crippen LogP contribution in [0.15, 0.2) is 0 Å². The minimum absolute atomic E-state index is 0.440. The van der Waals surface area contributed by atoms with Crippen LogP contribution in [0.3, 0.4) is 0 Å². The van der Waals surface area contributed by atoms with Crippen LogP contribution in [-0.2, 0) is 0 Å². The zero-order valence-electron chi connectivity index (χ0n) is 15.5. The Labute approximate surface area is 138 Å². The Balaban J connectivity index is 1.76. The van der Waals surface area contributed by atoms with Crippen molar-refractivity contribution in [2.24, 2.45) is 17.3 Å². The Hall–Kier alpha value is -0.120. The molecule has 3 heteroatoms. The fourth-order valence-corrected chi connectivity index (χ4v) is 3.66. The van der Waals surface area contributed by atoms with Gasteiger partial charge in [-0.15, -0.1) is 0 Å². The predicted octanol–water partition coefficient (Wildman–Crippen LogP) is 3.11. The summed E-state index contributed by atoms with van der Waals surface area (Å²) in [6.45, 7) is 13.0. The van der Waals surface area contributed by atoms with Gasteiger partial charge in [0.05, 0.1) is 0 Å². The van der Waals surface area contributed by atoms with Crippen LogP contribution in [0, 0.1) is 17.3 Å². The molecule has 0 spiro atoms. The molecule has 0 aromatic carbocycles. The second-order valence-corrected chi connectivity index (χ2v) is 8.49. The van der Waals surface area contributed by atoms with Crippen LogP contribution in [0.4, 0.5) is 0 Å². The van der Waals surface area contributed by atoms with Gasteiger partial charge in [-0.1, -0.05) is 40.0 Å². The van der Waals surface area contributed by atoms with E-state index in [1.165, 1.54) is 64.7 Å². The third kappa shape index (κ3) is 6.17. The SMILES string of the molecule is CCNCCC(CCC1CC1)CNC1CN(C)CCC1(C)C. The highest BCUT2D eigenvalue weighted by Crippen LogP contribution is 2.35. The first kappa shape index (κ1) is 18.2. The van der Waals surface area contributed by atoms with Crippen LogP contribution < -0.4 is 10.6 Å². The summed E-state index contributed by atoms with van der Waals surface area (Å²) in [7, 11) is 2.26. The van der Waals surface area contributed by atoms with Gasteiger partial charge in [-0.2, -0.15) is 0 Å². The van der Waals surface area contributed by atoms with Crippen LogP contribution in [0.1, 0.15) is 59.3 Å². The van der Waals surface area contributed by atoms with E-state index >= 15 is 0 Å². The van der Waals surface area contributed by atoms with Crippen molar-refractivity contribution in [2.45, 2.75) is 65.3 Å². The maximum absolute atomic E-state index is 3.94. The maximum atomic E-state index is 3.94. The van der Waals surface area contributed by atoms with Gasteiger partial charge in [0.1, 0.15) is 0 Å². The van der Waals surface area contributed by atoms with E-state index < -0.39 is 0 Å². The summed E-state index contributed by atoms with van der Waals surface area (Å²) in [6, 6.07) is 0.647. The quantitative estimate of drug-likeness (QED) is 0.607. The summed E-state index contributed by atoms with van der Waals surface area (Å²) in [5.41, 5.74) is 0.440. The van der Waals surface area contributed by atoms with Gasteiger partial charge in [0, 0.05) is 12.6 Å². The average Bonchev–Trinajstić information content (AvgIpc) is 3.29. The molecule has 0 radical (unpaired) electrons. The van der Waals surface area contributed by atoms with Gasteiger partial charge in [0.15, 0.2) is 0 Å². The molecule has 2 fully saturated rings. The molecule has 2 atom stereocenters. The fourth-order valence-electron chi connectivity index (χ4n) is 3.66. The van der Waals surface area contributed by atoms with Crippen molar-refractivity contribution in [3.05, 3.63) is 0 Å². The Morgan fingerprint density at radius 1 is 1.23 bits per heavy atom. The first-order valence-corrected chi connectivity index (χ1v) is 9.64. The molecule has 1 aliphatic heterocycles. The van der Waals surface area contributed by atoms with E-state index in [-0.39, 0.29) is 0 Å². The molecule has 0 aromatic rings. The molecule has 0 amide bonds. The lowest BCUT2D eigenvalue weighted by atomic mass is 9.78. The number of rotatable bonds is 10. The zero-order valence-corrected chi connectivity index (χ0v) is 15.5. The minimum atomic E-state index is 0.440.